The third kappa shape index (κ3) is 2.73. The first-order chi connectivity index (χ1) is 9.99. The van der Waals surface area contributed by atoms with Crippen LogP contribution in [0.3, 0.4) is 0 Å². The summed E-state index contributed by atoms with van der Waals surface area (Å²) in [5, 5.41) is 4.33. The molecule has 1 atom stereocenters. The highest BCUT2D eigenvalue weighted by molar-refractivity contribution is 9.10. The summed E-state index contributed by atoms with van der Waals surface area (Å²) in [6.07, 6.45) is 4.92. The molecule has 0 spiro atoms. The van der Waals surface area contributed by atoms with Gasteiger partial charge >= 0.3 is 0 Å². The van der Waals surface area contributed by atoms with E-state index in [2.05, 4.69) is 47.1 Å². The van der Waals surface area contributed by atoms with E-state index in [1.807, 2.05) is 12.1 Å². The summed E-state index contributed by atoms with van der Waals surface area (Å²) in [5.74, 6) is 0.825. The zero-order chi connectivity index (χ0) is 15.0. The number of rotatable bonds is 2. The quantitative estimate of drug-likeness (QED) is 0.793. The summed E-state index contributed by atoms with van der Waals surface area (Å²) in [4.78, 5) is 0. The minimum Gasteiger partial charge on any atom is -0.367 e. The van der Waals surface area contributed by atoms with Crippen molar-refractivity contribution in [1.29, 1.82) is 0 Å². The Kier molecular flexibility index (Phi) is 3.82. The van der Waals surface area contributed by atoms with Crippen LogP contribution >= 0.6 is 15.9 Å². The van der Waals surface area contributed by atoms with Crippen molar-refractivity contribution < 1.29 is 4.52 Å². The van der Waals surface area contributed by atoms with Crippen LogP contribution in [0.1, 0.15) is 51.1 Å². The van der Waals surface area contributed by atoms with Gasteiger partial charge in [0.25, 0.3) is 0 Å². The predicted octanol–water partition coefficient (Wildman–Crippen LogP) is 5.37. The zero-order valence-electron chi connectivity index (χ0n) is 12.5. The van der Waals surface area contributed by atoms with Crippen molar-refractivity contribution in [1.82, 2.24) is 5.16 Å². The highest BCUT2D eigenvalue weighted by Gasteiger charge is 2.37. The van der Waals surface area contributed by atoms with Crippen molar-refractivity contribution in [2.75, 3.05) is 5.73 Å². The van der Waals surface area contributed by atoms with Crippen molar-refractivity contribution in [3.05, 3.63) is 34.4 Å². The second-order valence-corrected chi connectivity index (χ2v) is 7.52. The fourth-order valence-corrected chi connectivity index (χ4v) is 3.89. The topological polar surface area (TPSA) is 52.0 Å². The molecule has 2 aromatic rings. The van der Waals surface area contributed by atoms with Gasteiger partial charge in [0.1, 0.15) is 0 Å². The number of aromatic nitrogens is 1. The maximum atomic E-state index is 6.07. The van der Waals surface area contributed by atoms with Gasteiger partial charge in [-0.15, -0.1) is 0 Å². The Hall–Kier alpha value is -1.29. The van der Waals surface area contributed by atoms with Crippen LogP contribution in [0.15, 0.2) is 33.3 Å². The number of halogens is 1. The molecule has 112 valence electrons. The largest absolute Gasteiger partial charge is 0.367 e. The molecular weight excluding hydrogens is 328 g/mol. The predicted molar refractivity (Wildman–Crippen MR) is 89.0 cm³/mol. The van der Waals surface area contributed by atoms with Crippen molar-refractivity contribution in [2.24, 2.45) is 5.41 Å². The van der Waals surface area contributed by atoms with E-state index in [4.69, 9.17) is 10.3 Å². The van der Waals surface area contributed by atoms with Crippen molar-refractivity contribution in [3.63, 3.8) is 0 Å². The Morgan fingerprint density at radius 3 is 2.86 bits per heavy atom. The molecule has 0 bridgehead atoms. The van der Waals surface area contributed by atoms with Crippen LogP contribution in [0, 0.1) is 5.41 Å². The Labute approximate surface area is 134 Å². The minimum absolute atomic E-state index is 0.238. The molecule has 0 saturated heterocycles. The van der Waals surface area contributed by atoms with Gasteiger partial charge in [0, 0.05) is 10.4 Å². The van der Waals surface area contributed by atoms with E-state index in [0.29, 0.717) is 11.8 Å². The number of nitrogens with zero attached hydrogens (tertiary/aromatic N) is 1. The van der Waals surface area contributed by atoms with Crippen LogP contribution < -0.4 is 5.73 Å². The third-order valence-electron chi connectivity index (χ3n) is 4.70. The smallest absolute Gasteiger partial charge is 0.230 e. The lowest BCUT2D eigenvalue weighted by Crippen LogP contribution is -2.26. The Balaban J connectivity index is 2.09. The highest BCUT2D eigenvalue weighted by Crippen LogP contribution is 2.49. The van der Waals surface area contributed by atoms with Gasteiger partial charge in [0.05, 0.1) is 11.3 Å². The second kappa shape index (κ2) is 5.48. The van der Waals surface area contributed by atoms with Gasteiger partial charge in [0.15, 0.2) is 0 Å². The average Bonchev–Trinajstić information content (AvgIpc) is 2.80. The SMILES string of the molecule is CC1(C)CCCCC1c1noc(N)c1-c1cccc(Br)c1. The Bertz CT molecular complexity index is 648. The molecule has 0 radical (unpaired) electrons. The first-order valence-electron chi connectivity index (χ1n) is 7.50. The molecule has 1 aromatic heterocycles. The third-order valence-corrected chi connectivity index (χ3v) is 5.19. The minimum atomic E-state index is 0.238. The molecule has 2 N–H and O–H groups in total. The molecule has 1 aromatic carbocycles. The van der Waals surface area contributed by atoms with E-state index in [-0.39, 0.29) is 5.41 Å². The maximum absolute atomic E-state index is 6.07. The van der Waals surface area contributed by atoms with Gasteiger partial charge in [-0.2, -0.15) is 0 Å². The van der Waals surface area contributed by atoms with E-state index in [0.717, 1.165) is 27.7 Å². The van der Waals surface area contributed by atoms with Crippen LogP contribution in [-0.4, -0.2) is 5.16 Å². The van der Waals surface area contributed by atoms with Crippen LogP contribution in [0.5, 0.6) is 0 Å². The average molecular weight is 349 g/mol. The highest BCUT2D eigenvalue weighted by atomic mass is 79.9. The molecule has 21 heavy (non-hydrogen) atoms. The summed E-state index contributed by atoms with van der Waals surface area (Å²) < 4.78 is 6.39. The second-order valence-electron chi connectivity index (χ2n) is 6.60. The molecule has 1 unspecified atom stereocenters. The molecule has 0 amide bonds. The fourth-order valence-electron chi connectivity index (χ4n) is 3.49. The van der Waals surface area contributed by atoms with Gasteiger partial charge in [-0.05, 0) is 36.0 Å². The molecule has 1 aliphatic carbocycles. The first kappa shape index (κ1) is 14.6. The fraction of sp³-hybridized carbons (Fsp3) is 0.471. The molecular formula is C17H21BrN2O. The monoisotopic (exact) mass is 348 g/mol. The molecule has 4 heteroatoms. The van der Waals surface area contributed by atoms with E-state index in [9.17, 15) is 0 Å². The van der Waals surface area contributed by atoms with Crippen LogP contribution in [0.2, 0.25) is 0 Å². The number of nitrogens with two attached hydrogens (primary N) is 1. The Morgan fingerprint density at radius 1 is 1.33 bits per heavy atom. The van der Waals surface area contributed by atoms with Crippen molar-refractivity contribution in [3.8, 4) is 11.1 Å². The number of hydrogen-bond donors (Lipinski definition) is 1. The van der Waals surface area contributed by atoms with Crippen LogP contribution in [-0.2, 0) is 0 Å². The molecule has 1 saturated carbocycles. The maximum Gasteiger partial charge on any atom is 0.230 e. The summed E-state index contributed by atoms with van der Waals surface area (Å²) in [6.45, 7) is 4.65. The summed E-state index contributed by atoms with van der Waals surface area (Å²) >= 11 is 3.52. The van der Waals surface area contributed by atoms with Gasteiger partial charge in [-0.25, -0.2) is 0 Å². The molecule has 1 aliphatic rings. The molecule has 1 fully saturated rings. The number of hydrogen-bond acceptors (Lipinski definition) is 3. The lowest BCUT2D eigenvalue weighted by Gasteiger charge is -2.37. The van der Waals surface area contributed by atoms with E-state index in [1.54, 1.807) is 0 Å². The van der Waals surface area contributed by atoms with Gasteiger partial charge in [-0.1, -0.05) is 59.9 Å². The standard InChI is InChI=1S/C17H21BrN2O/c1-17(2)9-4-3-8-13(17)15-14(16(19)21-20-15)11-6-5-7-12(18)10-11/h5-7,10,13H,3-4,8-9,19H2,1-2H3. The van der Waals surface area contributed by atoms with Gasteiger partial charge in [-0.3, -0.25) is 0 Å². The Morgan fingerprint density at radius 2 is 2.14 bits per heavy atom. The van der Waals surface area contributed by atoms with Crippen molar-refractivity contribution in [2.45, 2.75) is 45.4 Å². The first-order valence-corrected chi connectivity index (χ1v) is 8.29. The van der Waals surface area contributed by atoms with Crippen molar-refractivity contribution >= 4 is 21.8 Å². The van der Waals surface area contributed by atoms with E-state index >= 15 is 0 Å². The summed E-state index contributed by atoms with van der Waals surface area (Å²) in [7, 11) is 0. The van der Waals surface area contributed by atoms with Gasteiger partial charge < -0.3 is 10.3 Å². The zero-order valence-corrected chi connectivity index (χ0v) is 14.1. The normalized spacial score (nSPS) is 21.4. The van der Waals surface area contributed by atoms with E-state index in [1.165, 1.54) is 19.3 Å². The van der Waals surface area contributed by atoms with Crippen LogP contribution in [0.4, 0.5) is 5.88 Å². The number of benzene rings is 1. The molecule has 0 aliphatic heterocycles. The number of nitrogen functional groups attached to an aromatic ring is 1. The lowest BCUT2D eigenvalue weighted by molar-refractivity contribution is 0.192. The van der Waals surface area contributed by atoms with E-state index < -0.39 is 0 Å². The molecule has 3 rings (SSSR count). The number of anilines is 1. The van der Waals surface area contributed by atoms with Gasteiger partial charge in [0.2, 0.25) is 5.88 Å². The molecule has 1 heterocycles. The molecule has 3 nitrogen and oxygen atoms in total. The summed E-state index contributed by atoms with van der Waals surface area (Å²) in [6, 6.07) is 8.16. The lowest BCUT2D eigenvalue weighted by atomic mass is 9.67. The van der Waals surface area contributed by atoms with Crippen LogP contribution in [0.25, 0.3) is 11.1 Å². The summed E-state index contributed by atoms with van der Waals surface area (Å²) in [5.41, 5.74) is 9.37.